The van der Waals surface area contributed by atoms with E-state index in [1.807, 2.05) is 44.2 Å². The van der Waals surface area contributed by atoms with Crippen molar-refractivity contribution in [1.82, 2.24) is 15.5 Å². The van der Waals surface area contributed by atoms with E-state index in [0.717, 1.165) is 10.9 Å². The van der Waals surface area contributed by atoms with Gasteiger partial charge in [0.25, 0.3) is 5.91 Å². The van der Waals surface area contributed by atoms with Crippen molar-refractivity contribution in [1.29, 1.82) is 0 Å². The van der Waals surface area contributed by atoms with Gasteiger partial charge in [-0.05, 0) is 19.9 Å². The number of carbonyl (C=O) groups is 1. The molecule has 0 aliphatic carbocycles. The molecule has 4 nitrogen and oxygen atoms in total. The molecular weight excluding hydrogens is 214 g/mol. The Morgan fingerprint density at radius 3 is 2.94 bits per heavy atom. The molecule has 1 heterocycles. The predicted octanol–water partition coefficient (Wildman–Crippen LogP) is 2.26. The van der Waals surface area contributed by atoms with Crippen molar-refractivity contribution >= 4 is 16.8 Å². The highest BCUT2D eigenvalue weighted by Gasteiger charge is 2.12. The fraction of sp³-hybridized carbons (Fsp3) is 0.231. The molecule has 0 aliphatic rings. The van der Waals surface area contributed by atoms with Gasteiger partial charge in [-0.2, -0.15) is 5.10 Å². The van der Waals surface area contributed by atoms with Crippen LogP contribution in [0.2, 0.25) is 0 Å². The second kappa shape index (κ2) is 4.82. The third kappa shape index (κ3) is 2.53. The summed E-state index contributed by atoms with van der Waals surface area (Å²) in [4.78, 5) is 11.9. The monoisotopic (exact) mass is 229 g/mol. The van der Waals surface area contributed by atoms with E-state index in [1.54, 1.807) is 0 Å². The van der Waals surface area contributed by atoms with Gasteiger partial charge in [-0.25, -0.2) is 0 Å². The zero-order valence-electron chi connectivity index (χ0n) is 9.95. The first-order chi connectivity index (χ1) is 8.18. The summed E-state index contributed by atoms with van der Waals surface area (Å²) in [6.07, 6.45) is 1.97. The van der Waals surface area contributed by atoms with Crippen molar-refractivity contribution in [2.45, 2.75) is 13.8 Å². The standard InChI is InChI=1S/C13H15N3O/c1-9(2)7-8-14-13(17)12-10-5-3-4-6-11(10)15-16-12/h3-7H,8H2,1-2H3,(H,14,17)(H,15,16). The topological polar surface area (TPSA) is 57.8 Å². The molecular formula is C13H15N3O. The molecule has 0 spiro atoms. The average molecular weight is 229 g/mol. The van der Waals surface area contributed by atoms with Crippen molar-refractivity contribution in [3.63, 3.8) is 0 Å². The normalized spacial score (nSPS) is 10.2. The van der Waals surface area contributed by atoms with E-state index in [-0.39, 0.29) is 5.91 Å². The highest BCUT2D eigenvalue weighted by molar-refractivity contribution is 6.04. The molecule has 88 valence electrons. The number of fused-ring (bicyclic) bond motifs is 1. The number of H-pyrrole nitrogens is 1. The van der Waals surface area contributed by atoms with Crippen molar-refractivity contribution in [3.05, 3.63) is 41.6 Å². The smallest absolute Gasteiger partial charge is 0.272 e. The van der Waals surface area contributed by atoms with Crippen LogP contribution in [0.4, 0.5) is 0 Å². The molecule has 4 heteroatoms. The number of allylic oxidation sites excluding steroid dienone is 1. The molecule has 17 heavy (non-hydrogen) atoms. The Morgan fingerprint density at radius 1 is 1.41 bits per heavy atom. The molecule has 0 unspecified atom stereocenters. The number of aromatic amines is 1. The zero-order chi connectivity index (χ0) is 12.3. The number of rotatable bonds is 3. The molecule has 1 amide bonds. The van der Waals surface area contributed by atoms with Crippen LogP contribution >= 0.6 is 0 Å². The number of nitrogens with zero attached hydrogens (tertiary/aromatic N) is 1. The lowest BCUT2D eigenvalue weighted by molar-refractivity contribution is 0.0954. The van der Waals surface area contributed by atoms with E-state index in [0.29, 0.717) is 12.2 Å². The summed E-state index contributed by atoms with van der Waals surface area (Å²) >= 11 is 0. The van der Waals surface area contributed by atoms with Gasteiger partial charge in [0.15, 0.2) is 5.69 Å². The number of hydrogen-bond acceptors (Lipinski definition) is 2. The number of amides is 1. The fourth-order valence-corrected chi connectivity index (χ4v) is 1.57. The summed E-state index contributed by atoms with van der Waals surface area (Å²) in [5, 5.41) is 10.5. The molecule has 1 aromatic carbocycles. The van der Waals surface area contributed by atoms with Gasteiger partial charge < -0.3 is 5.32 Å². The van der Waals surface area contributed by atoms with Gasteiger partial charge in [0, 0.05) is 11.9 Å². The van der Waals surface area contributed by atoms with E-state index >= 15 is 0 Å². The predicted molar refractivity (Wildman–Crippen MR) is 67.9 cm³/mol. The van der Waals surface area contributed by atoms with Crippen LogP contribution in [0.3, 0.4) is 0 Å². The fourth-order valence-electron chi connectivity index (χ4n) is 1.57. The summed E-state index contributed by atoms with van der Waals surface area (Å²) in [6, 6.07) is 7.58. The highest BCUT2D eigenvalue weighted by atomic mass is 16.1. The largest absolute Gasteiger partial charge is 0.347 e. The maximum absolute atomic E-state index is 11.9. The van der Waals surface area contributed by atoms with Gasteiger partial charge in [0.2, 0.25) is 0 Å². The van der Waals surface area contributed by atoms with Crippen LogP contribution in [0.15, 0.2) is 35.9 Å². The van der Waals surface area contributed by atoms with Crippen molar-refractivity contribution in [2.24, 2.45) is 0 Å². The molecule has 2 rings (SSSR count). The summed E-state index contributed by atoms with van der Waals surface area (Å²) in [5.41, 5.74) is 2.50. The lowest BCUT2D eigenvalue weighted by atomic mass is 10.2. The highest BCUT2D eigenvalue weighted by Crippen LogP contribution is 2.14. The summed E-state index contributed by atoms with van der Waals surface area (Å²) in [6.45, 7) is 4.52. The van der Waals surface area contributed by atoms with Gasteiger partial charge in [-0.15, -0.1) is 0 Å². The van der Waals surface area contributed by atoms with Gasteiger partial charge >= 0.3 is 0 Å². The molecule has 2 N–H and O–H groups in total. The SMILES string of the molecule is CC(C)=CCNC(=O)c1n[nH]c2ccccc12. The Hall–Kier alpha value is -2.10. The summed E-state index contributed by atoms with van der Waals surface area (Å²) in [7, 11) is 0. The van der Waals surface area contributed by atoms with E-state index < -0.39 is 0 Å². The van der Waals surface area contributed by atoms with Gasteiger partial charge in [0.05, 0.1) is 5.52 Å². The Morgan fingerprint density at radius 2 is 2.18 bits per heavy atom. The minimum Gasteiger partial charge on any atom is -0.347 e. The molecule has 0 atom stereocenters. The molecule has 0 fully saturated rings. The first kappa shape index (κ1) is 11.4. The lowest BCUT2D eigenvalue weighted by Crippen LogP contribution is -2.24. The van der Waals surface area contributed by atoms with Crippen LogP contribution in [0, 0.1) is 0 Å². The Balaban J connectivity index is 2.17. The average Bonchev–Trinajstić information content (AvgIpc) is 2.72. The van der Waals surface area contributed by atoms with E-state index in [4.69, 9.17) is 0 Å². The van der Waals surface area contributed by atoms with Crippen LogP contribution < -0.4 is 5.32 Å². The third-order valence-corrected chi connectivity index (χ3v) is 2.46. The number of carbonyl (C=O) groups excluding carboxylic acids is 1. The second-order valence-corrected chi connectivity index (χ2v) is 4.11. The van der Waals surface area contributed by atoms with Crippen LogP contribution in [-0.4, -0.2) is 22.6 Å². The zero-order valence-corrected chi connectivity index (χ0v) is 9.95. The van der Waals surface area contributed by atoms with Crippen LogP contribution in [0.5, 0.6) is 0 Å². The number of nitrogens with one attached hydrogen (secondary N) is 2. The minimum atomic E-state index is -0.153. The molecule has 0 radical (unpaired) electrons. The third-order valence-electron chi connectivity index (χ3n) is 2.46. The van der Waals surface area contributed by atoms with Crippen molar-refractivity contribution < 1.29 is 4.79 Å². The van der Waals surface area contributed by atoms with Gasteiger partial charge in [0.1, 0.15) is 0 Å². The maximum Gasteiger partial charge on any atom is 0.272 e. The van der Waals surface area contributed by atoms with Crippen LogP contribution in [0.25, 0.3) is 10.9 Å². The van der Waals surface area contributed by atoms with Crippen LogP contribution in [-0.2, 0) is 0 Å². The quantitative estimate of drug-likeness (QED) is 0.793. The molecule has 1 aromatic heterocycles. The Kier molecular flexibility index (Phi) is 3.23. The van der Waals surface area contributed by atoms with Gasteiger partial charge in [-0.1, -0.05) is 29.8 Å². The molecule has 0 aliphatic heterocycles. The number of hydrogen-bond donors (Lipinski definition) is 2. The molecule has 0 saturated heterocycles. The van der Waals surface area contributed by atoms with Crippen molar-refractivity contribution in [3.8, 4) is 0 Å². The Labute approximate surface area is 99.7 Å². The second-order valence-electron chi connectivity index (χ2n) is 4.11. The first-order valence-electron chi connectivity index (χ1n) is 5.53. The number of aromatic nitrogens is 2. The van der Waals surface area contributed by atoms with Crippen LogP contribution in [0.1, 0.15) is 24.3 Å². The Bertz CT molecular complexity index is 565. The number of benzene rings is 1. The maximum atomic E-state index is 11.9. The van der Waals surface area contributed by atoms with Crippen molar-refractivity contribution in [2.75, 3.05) is 6.54 Å². The molecule has 2 aromatic rings. The summed E-state index contributed by atoms with van der Waals surface area (Å²) in [5.74, 6) is -0.153. The van der Waals surface area contributed by atoms with Gasteiger partial charge in [-0.3, -0.25) is 9.89 Å². The lowest BCUT2D eigenvalue weighted by Gasteiger charge is -1.99. The van der Waals surface area contributed by atoms with E-state index in [9.17, 15) is 4.79 Å². The molecule has 0 bridgehead atoms. The first-order valence-corrected chi connectivity index (χ1v) is 5.53. The minimum absolute atomic E-state index is 0.153. The number of para-hydroxylation sites is 1. The van der Waals surface area contributed by atoms with E-state index in [2.05, 4.69) is 15.5 Å². The van der Waals surface area contributed by atoms with E-state index in [1.165, 1.54) is 5.57 Å². The molecule has 0 saturated carbocycles. The summed E-state index contributed by atoms with van der Waals surface area (Å²) < 4.78 is 0.